The van der Waals surface area contributed by atoms with Gasteiger partial charge < -0.3 is 5.11 Å². The Morgan fingerprint density at radius 3 is 2.28 bits per heavy atom. The van der Waals surface area contributed by atoms with E-state index in [0.717, 1.165) is 16.5 Å². The number of rotatable bonds is 3. The minimum Gasteiger partial charge on any atom is -0.508 e. The number of fused-ring (bicyclic) bond motifs is 4. The van der Waals surface area contributed by atoms with Gasteiger partial charge in [0.05, 0.1) is 39.6 Å². The normalized spacial score (nSPS) is 29.9. The van der Waals surface area contributed by atoms with Crippen molar-refractivity contribution >= 4 is 58.2 Å². The zero-order valence-corrected chi connectivity index (χ0v) is 24.3. The van der Waals surface area contributed by atoms with Crippen molar-refractivity contribution in [3.63, 3.8) is 0 Å². The van der Waals surface area contributed by atoms with Crippen molar-refractivity contribution < 1.29 is 28.7 Å². The fraction of sp³-hybridized carbons (Fsp3) is 0.273. The quantitative estimate of drug-likeness (QED) is 0.276. The molecule has 218 valence electrons. The highest BCUT2D eigenvalue weighted by Crippen LogP contribution is 2.64. The van der Waals surface area contributed by atoms with Crippen molar-refractivity contribution in [2.45, 2.75) is 25.7 Å². The second-order valence-corrected chi connectivity index (χ2v) is 12.6. The molecule has 2 aliphatic heterocycles. The highest BCUT2D eigenvalue weighted by atomic mass is 35.5. The van der Waals surface area contributed by atoms with Crippen LogP contribution in [-0.2, 0) is 19.2 Å². The Balaban J connectivity index is 1.38. The van der Waals surface area contributed by atoms with E-state index in [-0.39, 0.29) is 46.1 Å². The van der Waals surface area contributed by atoms with Gasteiger partial charge in [-0.15, -0.1) is 0 Å². The number of halogens is 3. The molecule has 3 aromatic rings. The molecule has 43 heavy (non-hydrogen) atoms. The first-order valence-corrected chi connectivity index (χ1v) is 14.7. The number of phenols is 1. The molecule has 2 heterocycles. The van der Waals surface area contributed by atoms with E-state index in [0.29, 0.717) is 11.3 Å². The summed E-state index contributed by atoms with van der Waals surface area (Å²) in [6.07, 6.45) is 2.38. The summed E-state index contributed by atoms with van der Waals surface area (Å²) in [5, 5.41) is 10.1. The van der Waals surface area contributed by atoms with Crippen LogP contribution in [0, 0.1) is 34.9 Å². The summed E-state index contributed by atoms with van der Waals surface area (Å²) < 4.78 is 14.0. The number of carbonyl (C=O) groups excluding carboxylic acids is 4. The summed E-state index contributed by atoms with van der Waals surface area (Å²) in [5.74, 6) is -5.85. The third kappa shape index (κ3) is 3.85. The summed E-state index contributed by atoms with van der Waals surface area (Å²) in [6.45, 7) is 1.72. The summed E-state index contributed by atoms with van der Waals surface area (Å²) in [4.78, 5) is 58.5. The first-order valence-electron chi connectivity index (χ1n) is 14.0. The average molecular weight is 619 g/mol. The SMILES string of the molecule is CC12C(=O)N(c3ccc(F)c(Cl)c3)C(=O)C1CC1C(=CCC3C(=O)N(c4ccccc4)C(=O)C31)C2c1ccc(O)cc1Cl. The minimum atomic E-state index is -1.33. The molecular weight excluding hydrogens is 594 g/mol. The number of imide groups is 2. The first-order chi connectivity index (χ1) is 20.5. The van der Waals surface area contributed by atoms with Gasteiger partial charge in [-0.25, -0.2) is 9.29 Å². The van der Waals surface area contributed by atoms with Crippen LogP contribution in [0.4, 0.5) is 15.8 Å². The number of hydrogen-bond acceptors (Lipinski definition) is 5. The lowest BCUT2D eigenvalue weighted by Gasteiger charge is -2.49. The van der Waals surface area contributed by atoms with Crippen molar-refractivity contribution in [2.24, 2.45) is 29.1 Å². The molecule has 0 aromatic heterocycles. The summed E-state index contributed by atoms with van der Waals surface area (Å²) >= 11 is 12.7. The van der Waals surface area contributed by atoms with Crippen LogP contribution in [0.5, 0.6) is 5.75 Å². The Kier molecular flexibility index (Phi) is 6.31. The molecule has 4 amide bonds. The molecule has 1 saturated carbocycles. The molecule has 7 rings (SSSR count). The lowest BCUT2D eigenvalue weighted by Crippen LogP contribution is -2.49. The van der Waals surface area contributed by atoms with Gasteiger partial charge in [0.15, 0.2) is 0 Å². The van der Waals surface area contributed by atoms with E-state index in [1.165, 1.54) is 29.2 Å². The van der Waals surface area contributed by atoms with E-state index in [9.17, 15) is 28.7 Å². The summed E-state index contributed by atoms with van der Waals surface area (Å²) in [5.41, 5.74) is 0.587. The predicted octanol–water partition coefficient (Wildman–Crippen LogP) is 6.27. The van der Waals surface area contributed by atoms with Gasteiger partial charge in [0.1, 0.15) is 11.6 Å². The molecule has 2 saturated heterocycles. The van der Waals surface area contributed by atoms with Crippen LogP contribution in [0.2, 0.25) is 10.0 Å². The Labute approximate surface area is 256 Å². The van der Waals surface area contributed by atoms with Crippen molar-refractivity contribution in [3.05, 3.63) is 99.8 Å². The van der Waals surface area contributed by atoms with Gasteiger partial charge in [0.25, 0.3) is 0 Å². The highest BCUT2D eigenvalue weighted by molar-refractivity contribution is 6.32. The van der Waals surface area contributed by atoms with E-state index in [4.69, 9.17) is 23.2 Å². The number of amides is 4. The maximum absolute atomic E-state index is 14.4. The number of anilines is 2. The van der Waals surface area contributed by atoms with Crippen LogP contribution in [-0.4, -0.2) is 28.7 Å². The molecular formula is C33H25Cl2FN2O5. The first kappa shape index (κ1) is 27.8. The van der Waals surface area contributed by atoms with Gasteiger partial charge in [-0.1, -0.05) is 59.1 Å². The van der Waals surface area contributed by atoms with Crippen LogP contribution in [0.25, 0.3) is 0 Å². The van der Waals surface area contributed by atoms with Crippen molar-refractivity contribution in [3.8, 4) is 5.75 Å². The van der Waals surface area contributed by atoms with Crippen LogP contribution < -0.4 is 9.80 Å². The number of hydrogen-bond donors (Lipinski definition) is 1. The van der Waals surface area contributed by atoms with Crippen molar-refractivity contribution in [2.75, 3.05) is 9.80 Å². The lowest BCUT2D eigenvalue weighted by atomic mass is 9.51. The third-order valence-corrected chi connectivity index (χ3v) is 10.4. The molecule has 10 heteroatoms. The second-order valence-electron chi connectivity index (χ2n) is 11.8. The number of nitrogens with zero attached hydrogens (tertiary/aromatic N) is 2. The molecule has 1 N–H and O–H groups in total. The maximum Gasteiger partial charge on any atom is 0.241 e. The summed E-state index contributed by atoms with van der Waals surface area (Å²) in [7, 11) is 0. The average Bonchev–Trinajstić information content (AvgIpc) is 3.35. The van der Waals surface area contributed by atoms with E-state index in [1.54, 1.807) is 43.3 Å². The van der Waals surface area contributed by atoms with E-state index >= 15 is 0 Å². The monoisotopic (exact) mass is 618 g/mol. The van der Waals surface area contributed by atoms with E-state index in [1.807, 2.05) is 6.08 Å². The number of para-hydroxylation sites is 1. The van der Waals surface area contributed by atoms with Gasteiger partial charge in [0, 0.05) is 10.9 Å². The van der Waals surface area contributed by atoms with E-state index in [2.05, 4.69) is 0 Å². The lowest BCUT2D eigenvalue weighted by molar-refractivity contribution is -0.131. The topological polar surface area (TPSA) is 95.0 Å². The maximum atomic E-state index is 14.4. The molecule has 0 spiro atoms. The van der Waals surface area contributed by atoms with Gasteiger partial charge in [-0.3, -0.25) is 24.1 Å². The molecule has 0 bridgehead atoms. The molecule has 6 unspecified atom stereocenters. The van der Waals surface area contributed by atoms with Gasteiger partial charge in [0.2, 0.25) is 23.6 Å². The molecule has 3 aromatic carbocycles. The zero-order chi connectivity index (χ0) is 30.4. The van der Waals surface area contributed by atoms with E-state index < -0.39 is 52.6 Å². The number of benzene rings is 3. The van der Waals surface area contributed by atoms with Crippen molar-refractivity contribution in [1.29, 1.82) is 0 Å². The Bertz CT molecular complexity index is 1780. The van der Waals surface area contributed by atoms with Gasteiger partial charge >= 0.3 is 0 Å². The van der Waals surface area contributed by atoms with Gasteiger partial charge in [-0.2, -0.15) is 0 Å². The molecule has 4 aliphatic rings. The smallest absolute Gasteiger partial charge is 0.241 e. The molecule has 6 atom stereocenters. The van der Waals surface area contributed by atoms with Crippen LogP contribution in [0.3, 0.4) is 0 Å². The Morgan fingerprint density at radius 2 is 1.58 bits per heavy atom. The highest BCUT2D eigenvalue weighted by Gasteiger charge is 2.67. The fourth-order valence-corrected chi connectivity index (χ4v) is 8.27. The molecule has 3 fully saturated rings. The summed E-state index contributed by atoms with van der Waals surface area (Å²) in [6, 6.07) is 16.9. The predicted molar refractivity (Wildman–Crippen MR) is 158 cm³/mol. The molecule has 0 radical (unpaired) electrons. The minimum absolute atomic E-state index is 0.0630. The van der Waals surface area contributed by atoms with Crippen LogP contribution in [0.1, 0.15) is 31.2 Å². The number of allylic oxidation sites excluding steroid dienone is 2. The Morgan fingerprint density at radius 1 is 0.837 bits per heavy atom. The van der Waals surface area contributed by atoms with Crippen LogP contribution in [0.15, 0.2) is 78.4 Å². The second kappa shape index (κ2) is 9.76. The Hall–Kier alpha value is -4.01. The zero-order valence-electron chi connectivity index (χ0n) is 22.8. The fourth-order valence-electron chi connectivity index (χ4n) is 7.81. The van der Waals surface area contributed by atoms with Crippen LogP contribution >= 0.6 is 23.2 Å². The largest absolute Gasteiger partial charge is 0.508 e. The molecule has 7 nitrogen and oxygen atoms in total. The third-order valence-electron chi connectivity index (χ3n) is 9.75. The number of carbonyl (C=O) groups is 4. The number of phenolic OH excluding ortho intramolecular Hbond substituents is 1. The standard InChI is InChI=1S/C33H25Cl2FN2O5/c1-33-23(30(41)38(32(33)43)17-7-12-26(36)25(35)13-17)15-22-19(28(33)20-9-8-18(39)14-24(20)34)10-11-21-27(22)31(42)37(29(21)40)16-5-3-2-4-6-16/h2-10,12-14,21-23,27-28,39H,11,15H2,1H3. The molecule has 2 aliphatic carbocycles. The van der Waals surface area contributed by atoms with Gasteiger partial charge in [-0.05, 0) is 73.7 Å². The number of aromatic hydroxyl groups is 1. The van der Waals surface area contributed by atoms with Crippen molar-refractivity contribution in [1.82, 2.24) is 0 Å².